The van der Waals surface area contributed by atoms with Crippen molar-refractivity contribution in [3.8, 4) is 11.5 Å². The van der Waals surface area contributed by atoms with Gasteiger partial charge >= 0.3 is 0 Å². The van der Waals surface area contributed by atoms with Gasteiger partial charge in [0, 0.05) is 11.4 Å². The highest BCUT2D eigenvalue weighted by atomic mass is 32.2. The lowest BCUT2D eigenvalue weighted by Crippen LogP contribution is -2.64. The molecule has 9 heteroatoms. The van der Waals surface area contributed by atoms with Gasteiger partial charge in [0.2, 0.25) is 11.8 Å². The molecule has 0 saturated carbocycles. The number of unbranched alkanes of at least 4 members (excludes halogenated alkanes) is 1. The number of nitrogens with one attached hydrogen (secondary N) is 1. The maximum absolute atomic E-state index is 13.9. The Balaban J connectivity index is 1.64. The van der Waals surface area contributed by atoms with Crippen LogP contribution in [0.2, 0.25) is 0 Å². The predicted octanol–water partition coefficient (Wildman–Crippen LogP) is 2.85. The number of ether oxygens (including phenoxy) is 2. The molecule has 2 aliphatic heterocycles. The van der Waals surface area contributed by atoms with Crippen LogP contribution in [0.1, 0.15) is 44.2 Å². The van der Waals surface area contributed by atoms with Crippen molar-refractivity contribution in [2.24, 2.45) is 5.73 Å². The summed E-state index contributed by atoms with van der Waals surface area (Å²) in [4.78, 5) is 27.2. The van der Waals surface area contributed by atoms with E-state index in [1.165, 1.54) is 11.9 Å². The third kappa shape index (κ3) is 5.63. The molecule has 4 rings (SSSR count). The largest absolute Gasteiger partial charge is 0.486 e. The molecule has 4 N–H and O–H groups in total. The Morgan fingerprint density at radius 1 is 1.19 bits per heavy atom. The molecule has 0 aromatic heterocycles. The van der Waals surface area contributed by atoms with Crippen molar-refractivity contribution >= 4 is 23.8 Å². The van der Waals surface area contributed by atoms with E-state index in [1.807, 2.05) is 60.6 Å². The first-order valence-electron chi connectivity index (χ1n) is 12.6. The zero-order valence-corrected chi connectivity index (χ0v) is 21.7. The second-order valence-electron chi connectivity index (χ2n) is 9.36. The van der Waals surface area contributed by atoms with Gasteiger partial charge in [-0.05, 0) is 54.5 Å². The number of hydrogen-bond donors (Lipinski definition) is 3. The van der Waals surface area contributed by atoms with Crippen LogP contribution in [0.15, 0.2) is 47.4 Å². The van der Waals surface area contributed by atoms with Crippen LogP contribution in [0, 0.1) is 0 Å². The number of nitrogens with zero attached hydrogens (tertiary/aromatic N) is 1. The monoisotopic (exact) mass is 513 g/mol. The molecule has 0 spiro atoms. The summed E-state index contributed by atoms with van der Waals surface area (Å²) in [6, 6.07) is 13.0. The Bertz CT molecular complexity index is 1080. The van der Waals surface area contributed by atoms with Crippen molar-refractivity contribution in [1.82, 2.24) is 9.62 Å². The molecule has 2 amide bonds. The smallest absolute Gasteiger partial charge is 0.248 e. The number of aliphatic hydroxyl groups is 1. The van der Waals surface area contributed by atoms with Crippen molar-refractivity contribution in [1.29, 1.82) is 0 Å². The average molecular weight is 514 g/mol. The summed E-state index contributed by atoms with van der Waals surface area (Å²) in [5.41, 5.74) is 6.31. The SMILES string of the molecule is CCCCC(Cc1ccccc1)(NC(=O)C1Cc2cc3c(cc2SN1CC)OCCO3)C(O)C(N)=O. The first kappa shape index (κ1) is 26.3. The van der Waals surface area contributed by atoms with Gasteiger partial charge in [-0.25, -0.2) is 4.31 Å². The van der Waals surface area contributed by atoms with E-state index in [9.17, 15) is 14.7 Å². The van der Waals surface area contributed by atoms with Crippen molar-refractivity contribution in [3.63, 3.8) is 0 Å². The molecule has 3 atom stereocenters. The van der Waals surface area contributed by atoms with E-state index in [4.69, 9.17) is 15.2 Å². The van der Waals surface area contributed by atoms with Gasteiger partial charge in [0.05, 0.1) is 5.54 Å². The van der Waals surface area contributed by atoms with Gasteiger partial charge in [-0.15, -0.1) is 0 Å². The standard InChI is InChI=1S/C27H35N3O5S/c1-3-5-11-27(24(31)25(28)32,17-18-9-7-6-8-10-18)29-26(33)20-14-19-15-21-22(35-13-12-34-21)16-23(19)36-30(20)4-2/h6-10,15-16,20,24,31H,3-5,11-14,17H2,1-2H3,(H2,28,32)(H,29,33). The number of likely N-dealkylation sites (N-methyl/N-ethyl adjacent to an activating group) is 1. The van der Waals surface area contributed by atoms with E-state index in [0.29, 0.717) is 44.8 Å². The molecule has 2 aromatic rings. The molecular formula is C27H35N3O5S. The quantitative estimate of drug-likeness (QED) is 0.419. The summed E-state index contributed by atoms with van der Waals surface area (Å²) in [5, 5.41) is 14.2. The maximum Gasteiger partial charge on any atom is 0.248 e. The molecule has 0 bridgehead atoms. The van der Waals surface area contributed by atoms with Gasteiger partial charge in [0.1, 0.15) is 19.3 Å². The molecule has 3 unspecified atom stereocenters. The van der Waals surface area contributed by atoms with E-state index < -0.39 is 23.6 Å². The fourth-order valence-corrected chi connectivity index (χ4v) is 6.01. The van der Waals surface area contributed by atoms with Crippen LogP contribution in [0.5, 0.6) is 11.5 Å². The normalized spacial score (nSPS) is 19.6. The molecule has 0 saturated heterocycles. The number of rotatable bonds is 10. The van der Waals surface area contributed by atoms with Crippen LogP contribution in [0.4, 0.5) is 0 Å². The molecule has 0 aliphatic carbocycles. The van der Waals surface area contributed by atoms with E-state index in [0.717, 1.165) is 34.6 Å². The molecule has 0 fully saturated rings. The topological polar surface area (TPSA) is 114 Å². The third-order valence-corrected chi connectivity index (χ3v) is 8.14. The van der Waals surface area contributed by atoms with Crippen LogP contribution in [-0.4, -0.2) is 58.7 Å². The van der Waals surface area contributed by atoms with Gasteiger partial charge in [0.25, 0.3) is 0 Å². The Hall–Kier alpha value is -2.75. The number of benzene rings is 2. The van der Waals surface area contributed by atoms with Gasteiger partial charge < -0.3 is 25.6 Å². The molecule has 36 heavy (non-hydrogen) atoms. The van der Waals surface area contributed by atoms with Crippen LogP contribution < -0.4 is 20.5 Å². The first-order chi connectivity index (χ1) is 17.4. The summed E-state index contributed by atoms with van der Waals surface area (Å²) in [6.07, 6.45) is 1.24. The minimum Gasteiger partial charge on any atom is -0.486 e. The second kappa shape index (κ2) is 11.5. The summed E-state index contributed by atoms with van der Waals surface area (Å²) < 4.78 is 13.5. The molecule has 194 valence electrons. The third-order valence-electron chi connectivity index (χ3n) is 6.82. The molecule has 2 heterocycles. The van der Waals surface area contributed by atoms with Crippen LogP contribution in [0.3, 0.4) is 0 Å². The second-order valence-corrected chi connectivity index (χ2v) is 10.5. The zero-order chi connectivity index (χ0) is 25.7. The highest BCUT2D eigenvalue weighted by molar-refractivity contribution is 7.97. The fraction of sp³-hybridized carbons (Fsp3) is 0.481. The van der Waals surface area contributed by atoms with Gasteiger partial charge in [0.15, 0.2) is 17.6 Å². The number of nitrogens with two attached hydrogens (primary N) is 1. The van der Waals surface area contributed by atoms with Gasteiger partial charge in [-0.2, -0.15) is 0 Å². The van der Waals surface area contributed by atoms with Crippen molar-refractivity contribution in [2.75, 3.05) is 19.8 Å². The number of amides is 2. The van der Waals surface area contributed by atoms with Crippen LogP contribution >= 0.6 is 11.9 Å². The number of hydrogen-bond acceptors (Lipinski definition) is 7. The molecule has 8 nitrogen and oxygen atoms in total. The van der Waals surface area contributed by atoms with Crippen LogP contribution in [0.25, 0.3) is 0 Å². The van der Waals surface area contributed by atoms with E-state index in [2.05, 4.69) is 5.32 Å². The Morgan fingerprint density at radius 3 is 2.53 bits per heavy atom. The highest BCUT2D eigenvalue weighted by Gasteiger charge is 2.44. The Labute approximate surface area is 216 Å². The number of carbonyl (C=O) groups is 2. The van der Waals surface area contributed by atoms with E-state index in [-0.39, 0.29) is 5.91 Å². The Morgan fingerprint density at radius 2 is 1.89 bits per heavy atom. The van der Waals surface area contributed by atoms with Crippen molar-refractivity contribution in [3.05, 3.63) is 53.6 Å². The number of aliphatic hydroxyl groups excluding tert-OH is 1. The van der Waals surface area contributed by atoms with E-state index in [1.54, 1.807) is 0 Å². The first-order valence-corrected chi connectivity index (χ1v) is 13.3. The maximum atomic E-state index is 13.9. The van der Waals surface area contributed by atoms with Gasteiger partial charge in [-0.3, -0.25) is 9.59 Å². The lowest BCUT2D eigenvalue weighted by Gasteiger charge is -2.41. The lowest BCUT2D eigenvalue weighted by atomic mass is 9.80. The van der Waals surface area contributed by atoms with Crippen molar-refractivity contribution in [2.45, 2.75) is 68.5 Å². The number of fused-ring (bicyclic) bond motifs is 2. The molecular weight excluding hydrogens is 478 g/mol. The van der Waals surface area contributed by atoms with Crippen molar-refractivity contribution < 1.29 is 24.2 Å². The highest BCUT2D eigenvalue weighted by Crippen LogP contribution is 2.42. The molecule has 2 aliphatic rings. The van der Waals surface area contributed by atoms with E-state index >= 15 is 0 Å². The van der Waals surface area contributed by atoms with Crippen LogP contribution in [-0.2, 0) is 22.4 Å². The summed E-state index contributed by atoms with van der Waals surface area (Å²) in [6.45, 7) is 5.68. The predicted molar refractivity (Wildman–Crippen MR) is 139 cm³/mol. The lowest BCUT2D eigenvalue weighted by molar-refractivity contribution is -0.135. The zero-order valence-electron chi connectivity index (χ0n) is 20.9. The Kier molecular flexibility index (Phi) is 8.43. The average Bonchev–Trinajstić information content (AvgIpc) is 2.89. The minimum atomic E-state index is -1.52. The number of primary amides is 1. The molecule has 2 aromatic carbocycles. The fourth-order valence-electron chi connectivity index (χ4n) is 4.92. The van der Waals surface area contributed by atoms with Gasteiger partial charge in [-0.1, -0.05) is 57.0 Å². The number of carbonyl (C=O) groups excluding carboxylic acids is 2. The summed E-state index contributed by atoms with van der Waals surface area (Å²) in [7, 11) is 0. The summed E-state index contributed by atoms with van der Waals surface area (Å²) in [5.74, 6) is 0.326. The minimum absolute atomic E-state index is 0.239. The molecule has 0 radical (unpaired) electrons. The summed E-state index contributed by atoms with van der Waals surface area (Å²) >= 11 is 1.51.